The van der Waals surface area contributed by atoms with E-state index in [-0.39, 0.29) is 11.3 Å². The van der Waals surface area contributed by atoms with Crippen LogP contribution in [0.2, 0.25) is 0 Å². The van der Waals surface area contributed by atoms with Gasteiger partial charge in [0.1, 0.15) is 17.3 Å². The van der Waals surface area contributed by atoms with Crippen molar-refractivity contribution in [3.8, 4) is 0 Å². The summed E-state index contributed by atoms with van der Waals surface area (Å²) in [5.74, 6) is -0.439. The number of hydrazine groups is 1. The predicted molar refractivity (Wildman–Crippen MR) is 68.5 cm³/mol. The largest absolute Gasteiger partial charge is 0.321 e. The summed E-state index contributed by atoms with van der Waals surface area (Å²) < 4.78 is 53.1. The number of para-hydroxylation sites is 1. The third-order valence-corrected chi connectivity index (χ3v) is 2.65. The van der Waals surface area contributed by atoms with Crippen LogP contribution in [0.5, 0.6) is 0 Å². The fraction of sp³-hybridized carbons (Fsp3) is 0. The molecule has 8 heteroatoms. The van der Waals surface area contributed by atoms with Gasteiger partial charge in [-0.1, -0.05) is 6.07 Å². The zero-order valence-corrected chi connectivity index (χ0v) is 10.4. The Labute approximate surface area is 116 Å². The number of benzene rings is 2. The van der Waals surface area contributed by atoms with Gasteiger partial charge in [0, 0.05) is 12.1 Å². The summed E-state index contributed by atoms with van der Waals surface area (Å²) in [5, 5.41) is 1.91. The molecule has 0 saturated heterocycles. The highest BCUT2D eigenvalue weighted by Crippen LogP contribution is 2.23. The highest BCUT2D eigenvalue weighted by Gasteiger charge is 2.19. The van der Waals surface area contributed by atoms with E-state index in [1.807, 2.05) is 10.7 Å². The molecule has 0 aromatic heterocycles. The lowest BCUT2D eigenvalue weighted by Gasteiger charge is -2.11. The van der Waals surface area contributed by atoms with Crippen LogP contribution in [0.4, 0.5) is 28.9 Å². The van der Waals surface area contributed by atoms with Crippen LogP contribution in [0.15, 0.2) is 30.3 Å². The number of hydrogen-bond donors (Lipinski definition) is 3. The summed E-state index contributed by atoms with van der Waals surface area (Å²) >= 11 is 0. The summed E-state index contributed by atoms with van der Waals surface area (Å²) in [6, 6.07) is 4.29. The molecule has 0 fully saturated rings. The van der Waals surface area contributed by atoms with Crippen LogP contribution in [-0.2, 0) is 0 Å². The Kier molecular flexibility index (Phi) is 4.08. The molecule has 0 saturated carbocycles. The number of carbonyl (C=O) groups excluding carboxylic acids is 1. The van der Waals surface area contributed by atoms with Crippen molar-refractivity contribution < 1.29 is 22.4 Å². The Balaban J connectivity index is 2.38. The maximum Gasteiger partial charge on any atom is 0.258 e. The molecule has 21 heavy (non-hydrogen) atoms. The highest BCUT2D eigenvalue weighted by atomic mass is 19.1. The fourth-order valence-corrected chi connectivity index (χ4v) is 1.70. The van der Waals surface area contributed by atoms with Gasteiger partial charge in [0.2, 0.25) is 0 Å². The summed E-state index contributed by atoms with van der Waals surface area (Å²) in [4.78, 5) is 11.9. The maximum absolute atomic E-state index is 13.4. The van der Waals surface area contributed by atoms with Gasteiger partial charge in [0.25, 0.3) is 5.91 Å². The Hall–Kier alpha value is -2.61. The molecule has 0 radical (unpaired) electrons. The minimum atomic E-state index is -1.29. The number of nitrogen functional groups attached to an aromatic ring is 1. The monoisotopic (exact) mass is 299 g/mol. The van der Waals surface area contributed by atoms with Crippen LogP contribution in [0.25, 0.3) is 0 Å². The Bertz CT molecular complexity index is 683. The van der Waals surface area contributed by atoms with E-state index in [0.29, 0.717) is 12.1 Å². The van der Waals surface area contributed by atoms with Crippen LogP contribution in [0.3, 0.4) is 0 Å². The van der Waals surface area contributed by atoms with Gasteiger partial charge >= 0.3 is 0 Å². The number of amides is 1. The van der Waals surface area contributed by atoms with E-state index in [2.05, 4.69) is 0 Å². The molecule has 2 aromatic rings. The van der Waals surface area contributed by atoms with Gasteiger partial charge in [-0.25, -0.2) is 17.6 Å². The number of anilines is 2. The molecule has 1 amide bonds. The molecule has 0 heterocycles. The lowest BCUT2D eigenvalue weighted by molar-refractivity contribution is 0.102. The molecule has 0 aliphatic rings. The van der Waals surface area contributed by atoms with E-state index < -0.39 is 34.9 Å². The quantitative estimate of drug-likeness (QED) is 0.464. The minimum Gasteiger partial charge on any atom is -0.321 e. The molecule has 0 spiro atoms. The van der Waals surface area contributed by atoms with Crippen molar-refractivity contribution in [2.45, 2.75) is 0 Å². The second kappa shape index (κ2) is 5.80. The number of nitrogens with one attached hydrogen (secondary N) is 2. The first-order chi connectivity index (χ1) is 9.93. The molecule has 4 nitrogen and oxygen atoms in total. The molecule has 4 N–H and O–H groups in total. The maximum atomic E-state index is 13.4. The van der Waals surface area contributed by atoms with Crippen LogP contribution < -0.4 is 16.6 Å². The van der Waals surface area contributed by atoms with Crippen molar-refractivity contribution in [2.24, 2.45) is 5.84 Å². The van der Waals surface area contributed by atoms with E-state index in [1.165, 1.54) is 12.1 Å². The van der Waals surface area contributed by atoms with Gasteiger partial charge in [0.15, 0.2) is 11.6 Å². The number of halogens is 4. The molecule has 2 rings (SSSR count). The zero-order chi connectivity index (χ0) is 15.6. The smallest absolute Gasteiger partial charge is 0.258 e. The Morgan fingerprint density at radius 3 is 2.14 bits per heavy atom. The molecule has 110 valence electrons. The second-order valence-electron chi connectivity index (χ2n) is 4.01. The van der Waals surface area contributed by atoms with Crippen molar-refractivity contribution >= 4 is 17.3 Å². The summed E-state index contributed by atoms with van der Waals surface area (Å²) in [6.45, 7) is 0. The van der Waals surface area contributed by atoms with Crippen LogP contribution in [0, 0.1) is 23.3 Å². The average molecular weight is 299 g/mol. The molecule has 0 bridgehead atoms. The average Bonchev–Trinajstić information content (AvgIpc) is 2.42. The lowest BCUT2D eigenvalue weighted by Crippen LogP contribution is -2.19. The van der Waals surface area contributed by atoms with Crippen LogP contribution >= 0.6 is 0 Å². The normalized spacial score (nSPS) is 10.3. The van der Waals surface area contributed by atoms with Crippen LogP contribution in [-0.4, -0.2) is 5.91 Å². The summed E-state index contributed by atoms with van der Waals surface area (Å²) in [7, 11) is 0. The van der Waals surface area contributed by atoms with Crippen molar-refractivity contribution in [2.75, 3.05) is 10.7 Å². The number of rotatable bonds is 3. The van der Waals surface area contributed by atoms with Crippen molar-refractivity contribution in [3.05, 3.63) is 59.2 Å². The third kappa shape index (κ3) is 2.95. The standard InChI is InChI=1S/C13H9F4N3O/c14-6-4-9(16)12(10(17)5-6)19-13(21)7-2-1-3-8(15)11(7)20-18/h1-5,20H,18H2,(H,19,21). The zero-order valence-electron chi connectivity index (χ0n) is 10.4. The summed E-state index contributed by atoms with van der Waals surface area (Å²) in [6.07, 6.45) is 0. The van der Waals surface area contributed by atoms with Crippen molar-refractivity contribution in [3.63, 3.8) is 0 Å². The van der Waals surface area contributed by atoms with Gasteiger partial charge in [-0.05, 0) is 12.1 Å². The molecular weight excluding hydrogens is 290 g/mol. The fourth-order valence-electron chi connectivity index (χ4n) is 1.70. The van der Waals surface area contributed by atoms with E-state index in [9.17, 15) is 22.4 Å². The molecule has 0 aliphatic carbocycles. The van der Waals surface area contributed by atoms with Gasteiger partial charge in [-0.2, -0.15) is 0 Å². The number of carbonyl (C=O) groups is 1. The Morgan fingerprint density at radius 1 is 0.952 bits per heavy atom. The molecule has 0 atom stereocenters. The van der Waals surface area contributed by atoms with Gasteiger partial charge in [-0.15, -0.1) is 0 Å². The van der Waals surface area contributed by atoms with Gasteiger partial charge in [0.05, 0.1) is 11.3 Å². The summed E-state index contributed by atoms with van der Waals surface area (Å²) in [5.41, 5.74) is 0.548. The van der Waals surface area contributed by atoms with E-state index in [1.54, 1.807) is 0 Å². The SMILES string of the molecule is NNc1c(F)cccc1C(=O)Nc1c(F)cc(F)cc1F. The highest BCUT2D eigenvalue weighted by molar-refractivity contribution is 6.08. The minimum absolute atomic E-state index is 0.263. The molecule has 0 unspecified atom stereocenters. The van der Waals surface area contributed by atoms with E-state index in [0.717, 1.165) is 6.07 Å². The molecular formula is C13H9F4N3O. The van der Waals surface area contributed by atoms with Crippen molar-refractivity contribution in [1.29, 1.82) is 0 Å². The van der Waals surface area contributed by atoms with Crippen molar-refractivity contribution in [1.82, 2.24) is 0 Å². The van der Waals surface area contributed by atoms with Crippen LogP contribution in [0.1, 0.15) is 10.4 Å². The van der Waals surface area contributed by atoms with Gasteiger partial charge in [-0.3, -0.25) is 10.6 Å². The topological polar surface area (TPSA) is 67.1 Å². The van der Waals surface area contributed by atoms with E-state index >= 15 is 0 Å². The third-order valence-electron chi connectivity index (χ3n) is 2.65. The first-order valence-electron chi connectivity index (χ1n) is 5.65. The molecule has 2 aromatic carbocycles. The number of hydrogen-bond acceptors (Lipinski definition) is 3. The van der Waals surface area contributed by atoms with Gasteiger partial charge < -0.3 is 10.7 Å². The number of nitrogens with two attached hydrogens (primary N) is 1. The Morgan fingerprint density at radius 2 is 1.57 bits per heavy atom. The molecule has 0 aliphatic heterocycles. The first kappa shape index (κ1) is 14.8. The van der Waals surface area contributed by atoms with E-state index in [4.69, 9.17) is 5.84 Å². The predicted octanol–water partition coefficient (Wildman–Crippen LogP) is 2.78. The second-order valence-corrected chi connectivity index (χ2v) is 4.01. The first-order valence-corrected chi connectivity index (χ1v) is 5.65. The lowest BCUT2D eigenvalue weighted by atomic mass is 10.1.